The average Bonchev–Trinajstić information content (AvgIpc) is 2.68. The van der Waals surface area contributed by atoms with E-state index in [9.17, 15) is 4.79 Å². The highest BCUT2D eigenvalue weighted by Crippen LogP contribution is 2.35. The number of benzene rings is 1. The van der Waals surface area contributed by atoms with E-state index in [1.807, 2.05) is 13.8 Å². The van der Waals surface area contributed by atoms with Gasteiger partial charge in [-0.05, 0) is 57.8 Å². The van der Waals surface area contributed by atoms with Crippen LogP contribution in [0, 0.1) is 13.8 Å². The molecule has 0 unspecified atom stereocenters. The molecule has 0 atom stereocenters. The summed E-state index contributed by atoms with van der Waals surface area (Å²) in [6.45, 7) is 4.08. The third kappa shape index (κ3) is 3.06. The third-order valence-corrected chi connectivity index (χ3v) is 3.88. The van der Waals surface area contributed by atoms with Crippen LogP contribution >= 0.6 is 31.9 Å². The zero-order valence-electron chi connectivity index (χ0n) is 10.4. The molecule has 0 amide bonds. The molecule has 0 aliphatic carbocycles. The van der Waals surface area contributed by atoms with Crippen molar-refractivity contribution < 1.29 is 14.1 Å². The van der Waals surface area contributed by atoms with Gasteiger partial charge in [-0.2, -0.15) is 0 Å². The monoisotopic (exact) mass is 387 g/mol. The Bertz CT molecular complexity index is 580. The van der Waals surface area contributed by atoms with Crippen molar-refractivity contribution in [3.05, 3.63) is 43.7 Å². The van der Waals surface area contributed by atoms with E-state index >= 15 is 0 Å². The summed E-state index contributed by atoms with van der Waals surface area (Å²) in [5.74, 6) is 1.39. The molecule has 0 aliphatic heterocycles. The number of aromatic nitrogens is 1. The Labute approximate surface area is 127 Å². The number of rotatable bonds is 4. The number of ether oxygens (including phenoxy) is 1. The molecule has 0 spiro atoms. The lowest BCUT2D eigenvalue weighted by atomic mass is 10.2. The molecule has 0 fully saturated rings. The second kappa shape index (κ2) is 5.88. The van der Waals surface area contributed by atoms with Crippen molar-refractivity contribution in [3.63, 3.8) is 0 Å². The van der Waals surface area contributed by atoms with Gasteiger partial charge in [0.15, 0.2) is 0 Å². The molecule has 2 aromatic rings. The van der Waals surface area contributed by atoms with Gasteiger partial charge >= 0.3 is 0 Å². The summed E-state index contributed by atoms with van der Waals surface area (Å²) in [5.41, 5.74) is 2.32. The molecule has 1 heterocycles. The van der Waals surface area contributed by atoms with Crippen LogP contribution < -0.4 is 4.74 Å². The minimum atomic E-state index is 0.360. The number of aldehydes is 1. The van der Waals surface area contributed by atoms with Gasteiger partial charge < -0.3 is 9.26 Å². The van der Waals surface area contributed by atoms with E-state index in [4.69, 9.17) is 9.26 Å². The second-order valence-corrected chi connectivity index (χ2v) is 5.73. The molecule has 2 rings (SSSR count). The quantitative estimate of drug-likeness (QED) is 0.736. The summed E-state index contributed by atoms with van der Waals surface area (Å²) in [4.78, 5) is 10.8. The maximum Gasteiger partial charge on any atom is 0.150 e. The number of aryl methyl sites for hydroxylation is 2. The lowest BCUT2D eigenvalue weighted by Crippen LogP contribution is -1.99. The fourth-order valence-electron chi connectivity index (χ4n) is 1.64. The van der Waals surface area contributed by atoms with Crippen molar-refractivity contribution in [1.29, 1.82) is 0 Å². The lowest BCUT2D eigenvalue weighted by molar-refractivity contribution is 0.112. The summed E-state index contributed by atoms with van der Waals surface area (Å²) >= 11 is 6.77. The zero-order chi connectivity index (χ0) is 14.0. The van der Waals surface area contributed by atoms with Crippen LogP contribution in [-0.4, -0.2) is 11.4 Å². The summed E-state index contributed by atoms with van der Waals surface area (Å²) in [6, 6.07) is 3.42. The molecule has 1 aromatic carbocycles. The first-order valence-corrected chi connectivity index (χ1v) is 7.10. The van der Waals surface area contributed by atoms with E-state index in [0.717, 1.165) is 32.2 Å². The number of carbonyl (C=O) groups is 1. The standard InChI is InChI=1S/C13H11Br2NO3/c1-7-10(8(2)19-16-7)6-18-13-11(14)3-9(5-17)4-12(13)15/h3-5H,6H2,1-2H3. The van der Waals surface area contributed by atoms with Gasteiger partial charge in [-0.15, -0.1) is 0 Å². The summed E-state index contributed by atoms with van der Waals surface area (Å²) < 4.78 is 12.3. The minimum absolute atomic E-state index is 0.360. The molecule has 0 saturated carbocycles. The van der Waals surface area contributed by atoms with Gasteiger partial charge in [-0.3, -0.25) is 4.79 Å². The van der Waals surface area contributed by atoms with Gasteiger partial charge in [0.2, 0.25) is 0 Å². The van der Waals surface area contributed by atoms with E-state index in [-0.39, 0.29) is 0 Å². The first kappa shape index (κ1) is 14.3. The predicted octanol–water partition coefficient (Wildman–Crippen LogP) is 4.21. The SMILES string of the molecule is Cc1noc(C)c1COc1c(Br)cc(C=O)cc1Br. The third-order valence-electron chi connectivity index (χ3n) is 2.70. The summed E-state index contributed by atoms with van der Waals surface area (Å²) in [6.07, 6.45) is 0.785. The van der Waals surface area contributed by atoms with E-state index in [0.29, 0.717) is 17.9 Å². The van der Waals surface area contributed by atoms with Crippen molar-refractivity contribution >= 4 is 38.1 Å². The van der Waals surface area contributed by atoms with Gasteiger partial charge in [0.1, 0.15) is 24.4 Å². The Kier molecular flexibility index (Phi) is 4.42. The highest BCUT2D eigenvalue weighted by atomic mass is 79.9. The van der Waals surface area contributed by atoms with E-state index in [1.165, 1.54) is 0 Å². The van der Waals surface area contributed by atoms with E-state index in [1.54, 1.807) is 12.1 Å². The molecule has 1 aromatic heterocycles. The molecule has 100 valence electrons. The van der Waals surface area contributed by atoms with E-state index in [2.05, 4.69) is 37.0 Å². The van der Waals surface area contributed by atoms with Gasteiger partial charge in [-0.1, -0.05) is 5.16 Å². The smallest absolute Gasteiger partial charge is 0.150 e. The van der Waals surface area contributed by atoms with Crippen molar-refractivity contribution in [2.45, 2.75) is 20.5 Å². The van der Waals surface area contributed by atoms with Crippen LogP contribution in [0.4, 0.5) is 0 Å². The maximum absolute atomic E-state index is 10.8. The number of hydrogen-bond acceptors (Lipinski definition) is 4. The van der Waals surface area contributed by atoms with Gasteiger partial charge in [0, 0.05) is 5.56 Å². The van der Waals surface area contributed by atoms with Crippen LogP contribution in [0.15, 0.2) is 25.6 Å². The van der Waals surface area contributed by atoms with Crippen LogP contribution in [0.2, 0.25) is 0 Å². The molecular formula is C13H11Br2NO3. The summed E-state index contributed by atoms with van der Waals surface area (Å²) in [5, 5.41) is 3.88. The normalized spacial score (nSPS) is 10.5. The fourth-order valence-corrected chi connectivity index (χ4v) is 3.09. The fraction of sp³-hybridized carbons (Fsp3) is 0.231. The second-order valence-electron chi connectivity index (χ2n) is 4.02. The predicted molar refractivity (Wildman–Crippen MR) is 77.5 cm³/mol. The van der Waals surface area contributed by atoms with Crippen molar-refractivity contribution in [2.75, 3.05) is 0 Å². The maximum atomic E-state index is 10.8. The van der Waals surface area contributed by atoms with Crippen LogP contribution in [-0.2, 0) is 6.61 Å². The molecule has 0 bridgehead atoms. The van der Waals surface area contributed by atoms with Crippen LogP contribution in [0.25, 0.3) is 0 Å². The minimum Gasteiger partial charge on any atom is -0.486 e. The molecular weight excluding hydrogens is 378 g/mol. The lowest BCUT2D eigenvalue weighted by Gasteiger charge is -2.10. The van der Waals surface area contributed by atoms with Crippen LogP contribution in [0.5, 0.6) is 5.75 Å². The Morgan fingerprint density at radius 1 is 1.32 bits per heavy atom. The molecule has 19 heavy (non-hydrogen) atoms. The van der Waals surface area contributed by atoms with E-state index < -0.39 is 0 Å². The topological polar surface area (TPSA) is 52.3 Å². The average molecular weight is 389 g/mol. The van der Waals surface area contributed by atoms with Crippen LogP contribution in [0.1, 0.15) is 27.4 Å². The van der Waals surface area contributed by atoms with Crippen molar-refractivity contribution in [2.24, 2.45) is 0 Å². The Balaban J connectivity index is 2.23. The molecule has 0 aliphatic rings. The van der Waals surface area contributed by atoms with Crippen LogP contribution in [0.3, 0.4) is 0 Å². The summed E-state index contributed by atoms with van der Waals surface area (Å²) in [7, 11) is 0. The number of carbonyl (C=O) groups excluding carboxylic acids is 1. The molecule has 6 heteroatoms. The Morgan fingerprint density at radius 2 is 1.95 bits per heavy atom. The highest BCUT2D eigenvalue weighted by Gasteiger charge is 2.13. The largest absolute Gasteiger partial charge is 0.486 e. The Hall–Kier alpha value is -1.14. The van der Waals surface area contributed by atoms with Gasteiger partial charge in [0.05, 0.1) is 20.2 Å². The molecule has 0 radical (unpaired) electrons. The first-order chi connectivity index (χ1) is 9.02. The van der Waals surface area contributed by atoms with Gasteiger partial charge in [0.25, 0.3) is 0 Å². The molecule has 0 N–H and O–H groups in total. The highest BCUT2D eigenvalue weighted by molar-refractivity contribution is 9.11. The van der Waals surface area contributed by atoms with Crippen molar-refractivity contribution in [1.82, 2.24) is 5.16 Å². The number of hydrogen-bond donors (Lipinski definition) is 0. The molecule has 4 nitrogen and oxygen atoms in total. The Morgan fingerprint density at radius 3 is 2.42 bits per heavy atom. The first-order valence-electron chi connectivity index (χ1n) is 5.51. The zero-order valence-corrected chi connectivity index (χ0v) is 13.5. The molecule has 0 saturated heterocycles. The van der Waals surface area contributed by atoms with Crippen molar-refractivity contribution in [3.8, 4) is 5.75 Å². The number of halogens is 2. The van der Waals surface area contributed by atoms with Gasteiger partial charge in [-0.25, -0.2) is 0 Å². The number of nitrogens with zero attached hydrogens (tertiary/aromatic N) is 1.